The highest BCUT2D eigenvalue weighted by molar-refractivity contribution is 5.75. The van der Waals surface area contributed by atoms with E-state index in [1.54, 1.807) is 6.92 Å². The second-order valence-electron chi connectivity index (χ2n) is 4.22. The molecule has 2 N–H and O–H groups in total. The fourth-order valence-corrected chi connectivity index (χ4v) is 1.39. The molecule has 0 aliphatic heterocycles. The van der Waals surface area contributed by atoms with Crippen LogP contribution in [0.15, 0.2) is 0 Å². The molecule has 0 aromatic rings. The smallest absolute Gasteiger partial charge is 0.0899 e. The Balaban J connectivity index is 3.53. The molecule has 0 saturated heterocycles. The summed E-state index contributed by atoms with van der Waals surface area (Å²) in [6, 6.07) is 0. The monoisotopic (exact) mass is 170 g/mol. The van der Waals surface area contributed by atoms with Crippen LogP contribution in [0.5, 0.6) is 0 Å². The largest absolute Gasteiger partial charge is 0.374 e. The van der Waals surface area contributed by atoms with Gasteiger partial charge in [0, 0.05) is 6.54 Å². The Bertz CT molecular complexity index is 139. The number of amidine groups is 1. The highest BCUT2D eigenvalue weighted by Gasteiger charge is 2.15. The van der Waals surface area contributed by atoms with Gasteiger partial charge in [-0.3, -0.25) is 5.41 Å². The summed E-state index contributed by atoms with van der Waals surface area (Å²) in [5.74, 6) is 0.572. The van der Waals surface area contributed by atoms with Crippen LogP contribution in [0.3, 0.4) is 0 Å². The number of nitrogens with one attached hydrogen (secondary N) is 2. The van der Waals surface area contributed by atoms with E-state index in [9.17, 15) is 0 Å². The molecule has 2 heteroatoms. The predicted octanol–water partition coefficient (Wildman–Crippen LogP) is 2.79. The van der Waals surface area contributed by atoms with Gasteiger partial charge in [0.1, 0.15) is 0 Å². The molecule has 0 fully saturated rings. The predicted molar refractivity (Wildman–Crippen MR) is 54.7 cm³/mol. The van der Waals surface area contributed by atoms with Crippen molar-refractivity contribution in [1.82, 2.24) is 5.32 Å². The van der Waals surface area contributed by atoms with E-state index in [4.69, 9.17) is 5.41 Å². The molecule has 0 aromatic carbocycles. The summed E-state index contributed by atoms with van der Waals surface area (Å²) in [4.78, 5) is 0. The van der Waals surface area contributed by atoms with Crippen LogP contribution < -0.4 is 5.32 Å². The van der Waals surface area contributed by atoms with Gasteiger partial charge in [-0.2, -0.15) is 0 Å². The molecule has 0 saturated carbocycles. The molecule has 0 rings (SSSR count). The zero-order chi connectivity index (χ0) is 9.61. The van der Waals surface area contributed by atoms with Gasteiger partial charge in [0.15, 0.2) is 0 Å². The molecule has 2 nitrogen and oxygen atoms in total. The van der Waals surface area contributed by atoms with E-state index in [1.807, 2.05) is 0 Å². The van der Waals surface area contributed by atoms with Gasteiger partial charge in [-0.05, 0) is 25.2 Å². The quantitative estimate of drug-likeness (QED) is 0.483. The van der Waals surface area contributed by atoms with Crippen LogP contribution in [-0.4, -0.2) is 12.4 Å². The van der Waals surface area contributed by atoms with Gasteiger partial charge in [-0.15, -0.1) is 0 Å². The standard InChI is InChI=1S/C10H22N2/c1-5-6-10(3,4)7-8-12-9(2)11/h5-8H2,1-4H3,(H2,11,12). The van der Waals surface area contributed by atoms with Crippen LogP contribution in [-0.2, 0) is 0 Å². The van der Waals surface area contributed by atoms with Crippen molar-refractivity contribution < 1.29 is 0 Å². The summed E-state index contributed by atoms with van der Waals surface area (Å²) < 4.78 is 0. The van der Waals surface area contributed by atoms with Crippen molar-refractivity contribution in [1.29, 1.82) is 5.41 Å². The maximum atomic E-state index is 7.19. The first kappa shape index (κ1) is 11.5. The maximum absolute atomic E-state index is 7.19. The van der Waals surface area contributed by atoms with Crippen molar-refractivity contribution >= 4 is 5.84 Å². The summed E-state index contributed by atoms with van der Waals surface area (Å²) in [6.07, 6.45) is 3.67. The summed E-state index contributed by atoms with van der Waals surface area (Å²) in [5, 5.41) is 10.2. The molecule has 0 unspecified atom stereocenters. The maximum Gasteiger partial charge on any atom is 0.0899 e. The molecule has 0 aliphatic rings. The van der Waals surface area contributed by atoms with Gasteiger partial charge in [0.2, 0.25) is 0 Å². The Morgan fingerprint density at radius 2 is 1.92 bits per heavy atom. The number of hydrogen-bond donors (Lipinski definition) is 2. The highest BCUT2D eigenvalue weighted by Crippen LogP contribution is 2.25. The molecule has 0 atom stereocenters. The second kappa shape index (κ2) is 5.18. The van der Waals surface area contributed by atoms with Gasteiger partial charge in [0.25, 0.3) is 0 Å². The van der Waals surface area contributed by atoms with E-state index in [1.165, 1.54) is 12.8 Å². The lowest BCUT2D eigenvalue weighted by Gasteiger charge is -2.23. The minimum absolute atomic E-state index is 0.428. The minimum atomic E-state index is 0.428. The van der Waals surface area contributed by atoms with E-state index >= 15 is 0 Å². The van der Waals surface area contributed by atoms with Crippen molar-refractivity contribution in [3.8, 4) is 0 Å². The Kier molecular flexibility index (Phi) is 4.95. The molecule has 0 aliphatic carbocycles. The van der Waals surface area contributed by atoms with Crippen molar-refractivity contribution in [3.05, 3.63) is 0 Å². The molecule has 0 amide bonds. The Morgan fingerprint density at radius 1 is 1.33 bits per heavy atom. The van der Waals surface area contributed by atoms with Crippen LogP contribution in [0.4, 0.5) is 0 Å². The molecular formula is C10H22N2. The van der Waals surface area contributed by atoms with Crippen LogP contribution in [0.1, 0.15) is 47.0 Å². The van der Waals surface area contributed by atoms with Crippen molar-refractivity contribution in [2.45, 2.75) is 47.0 Å². The second-order valence-corrected chi connectivity index (χ2v) is 4.22. The van der Waals surface area contributed by atoms with E-state index in [0.29, 0.717) is 11.3 Å². The van der Waals surface area contributed by atoms with Crippen LogP contribution in [0.2, 0.25) is 0 Å². The summed E-state index contributed by atoms with van der Waals surface area (Å²) in [7, 11) is 0. The zero-order valence-electron chi connectivity index (χ0n) is 8.83. The first-order valence-corrected chi connectivity index (χ1v) is 4.77. The van der Waals surface area contributed by atoms with Gasteiger partial charge in [-0.1, -0.05) is 27.2 Å². The average Bonchev–Trinajstić information content (AvgIpc) is 1.85. The van der Waals surface area contributed by atoms with Gasteiger partial charge < -0.3 is 5.32 Å². The highest BCUT2D eigenvalue weighted by atomic mass is 14.9. The average molecular weight is 170 g/mol. The van der Waals surface area contributed by atoms with E-state index < -0.39 is 0 Å². The summed E-state index contributed by atoms with van der Waals surface area (Å²) >= 11 is 0. The molecule has 0 heterocycles. The summed E-state index contributed by atoms with van der Waals surface area (Å²) in [6.45, 7) is 9.51. The fraction of sp³-hybridized carbons (Fsp3) is 0.900. The lowest BCUT2D eigenvalue weighted by atomic mass is 9.85. The van der Waals surface area contributed by atoms with E-state index in [2.05, 4.69) is 26.1 Å². The normalized spacial score (nSPS) is 11.3. The molecule has 0 spiro atoms. The number of hydrogen-bond acceptors (Lipinski definition) is 1. The molecule has 0 aromatic heterocycles. The summed E-state index contributed by atoms with van der Waals surface area (Å²) in [5.41, 5.74) is 0.428. The van der Waals surface area contributed by atoms with Gasteiger partial charge in [0.05, 0.1) is 5.84 Å². The molecule has 72 valence electrons. The van der Waals surface area contributed by atoms with Crippen LogP contribution in [0.25, 0.3) is 0 Å². The fourth-order valence-electron chi connectivity index (χ4n) is 1.39. The lowest BCUT2D eigenvalue weighted by Crippen LogP contribution is -2.25. The van der Waals surface area contributed by atoms with Crippen molar-refractivity contribution in [2.75, 3.05) is 6.54 Å². The third-order valence-corrected chi connectivity index (χ3v) is 2.12. The van der Waals surface area contributed by atoms with Gasteiger partial charge >= 0.3 is 0 Å². The van der Waals surface area contributed by atoms with Crippen molar-refractivity contribution in [2.24, 2.45) is 5.41 Å². The third kappa shape index (κ3) is 6.20. The molecule has 0 bridgehead atoms. The molecular weight excluding hydrogens is 148 g/mol. The molecule has 12 heavy (non-hydrogen) atoms. The van der Waals surface area contributed by atoms with Gasteiger partial charge in [-0.25, -0.2) is 0 Å². The minimum Gasteiger partial charge on any atom is -0.374 e. The SMILES string of the molecule is CCCC(C)(C)CCNC(C)=N. The molecule has 0 radical (unpaired) electrons. The number of rotatable bonds is 5. The lowest BCUT2D eigenvalue weighted by molar-refractivity contribution is 0.305. The zero-order valence-corrected chi connectivity index (χ0v) is 8.83. The topological polar surface area (TPSA) is 35.9 Å². The Labute approximate surface area is 76.3 Å². The Hall–Kier alpha value is -0.530. The van der Waals surface area contributed by atoms with E-state index in [-0.39, 0.29) is 0 Å². The third-order valence-electron chi connectivity index (χ3n) is 2.12. The first-order valence-electron chi connectivity index (χ1n) is 4.77. The Morgan fingerprint density at radius 3 is 2.33 bits per heavy atom. The van der Waals surface area contributed by atoms with Crippen LogP contribution >= 0.6 is 0 Å². The first-order chi connectivity index (χ1) is 5.48. The van der Waals surface area contributed by atoms with Crippen LogP contribution in [0, 0.1) is 10.8 Å². The van der Waals surface area contributed by atoms with Crippen molar-refractivity contribution in [3.63, 3.8) is 0 Å². The van der Waals surface area contributed by atoms with E-state index in [0.717, 1.165) is 13.0 Å².